The maximum atomic E-state index is 11.8. The number of primary amides is 1. The summed E-state index contributed by atoms with van der Waals surface area (Å²) in [6.07, 6.45) is 0. The third kappa shape index (κ3) is 3.59. The lowest BCUT2D eigenvalue weighted by atomic mass is 9.96. The van der Waals surface area contributed by atoms with Crippen molar-refractivity contribution < 1.29 is 4.79 Å². The fourth-order valence-electron chi connectivity index (χ4n) is 2.21. The van der Waals surface area contributed by atoms with E-state index < -0.39 is 11.9 Å². The first-order chi connectivity index (χ1) is 10.3. The minimum absolute atomic E-state index is 0.352. The Hall–Kier alpha value is -1.17. The second kappa shape index (κ2) is 6.94. The average Bonchev–Trinajstić information content (AvgIpc) is 2.39. The fraction of sp³-hybridized carbons (Fsp3) is 0.333. The summed E-state index contributed by atoms with van der Waals surface area (Å²) in [7, 11) is 0. The zero-order chi connectivity index (χ0) is 16.4. The highest BCUT2D eigenvalue weighted by Gasteiger charge is 2.30. The third-order valence-electron chi connectivity index (χ3n) is 3.11. The standard InChI is InChI=1S/C15H17Cl2N3OS/c1-7(2)22-15-19-8(3)11(14(18)21)13(20-15)9-5-4-6-10(16)12(9)17/h4-7,13H,1-3H3,(H2,18,21)(H,19,20)/t13-/m1/s1. The van der Waals surface area contributed by atoms with Crippen LogP contribution < -0.4 is 11.1 Å². The number of amides is 1. The number of amidine groups is 1. The van der Waals surface area contributed by atoms with Crippen LogP contribution in [0.2, 0.25) is 10.0 Å². The van der Waals surface area contributed by atoms with Crippen LogP contribution in [0.1, 0.15) is 32.4 Å². The van der Waals surface area contributed by atoms with E-state index in [2.05, 4.69) is 24.2 Å². The van der Waals surface area contributed by atoms with Gasteiger partial charge in [-0.15, -0.1) is 0 Å². The molecule has 118 valence electrons. The molecule has 1 atom stereocenters. The SMILES string of the molecule is CC1=C(C(N)=O)[C@@H](c2cccc(Cl)c2Cl)N=C(SC(C)C)N1. The number of allylic oxidation sites excluding steroid dienone is 1. The summed E-state index contributed by atoms with van der Waals surface area (Å²) < 4.78 is 0. The van der Waals surface area contributed by atoms with E-state index >= 15 is 0 Å². The van der Waals surface area contributed by atoms with E-state index in [9.17, 15) is 4.79 Å². The van der Waals surface area contributed by atoms with Crippen molar-refractivity contribution >= 4 is 46.0 Å². The molecule has 0 saturated carbocycles. The van der Waals surface area contributed by atoms with Gasteiger partial charge in [-0.25, -0.2) is 4.99 Å². The van der Waals surface area contributed by atoms with Crippen LogP contribution in [0.25, 0.3) is 0 Å². The molecule has 4 nitrogen and oxygen atoms in total. The van der Waals surface area contributed by atoms with Gasteiger partial charge in [0.25, 0.3) is 0 Å². The number of aliphatic imine (C=N–C) groups is 1. The summed E-state index contributed by atoms with van der Waals surface area (Å²) in [5.41, 5.74) is 7.29. The van der Waals surface area contributed by atoms with Gasteiger partial charge in [-0.3, -0.25) is 4.79 Å². The van der Waals surface area contributed by atoms with Crippen LogP contribution in [0.3, 0.4) is 0 Å². The summed E-state index contributed by atoms with van der Waals surface area (Å²) in [6, 6.07) is 4.74. The van der Waals surface area contributed by atoms with Gasteiger partial charge in [-0.1, -0.05) is 60.9 Å². The number of nitrogens with one attached hydrogen (secondary N) is 1. The van der Waals surface area contributed by atoms with Gasteiger partial charge in [-0.05, 0) is 13.0 Å². The number of carbonyl (C=O) groups is 1. The lowest BCUT2D eigenvalue weighted by Gasteiger charge is -2.26. The molecule has 1 aromatic rings. The van der Waals surface area contributed by atoms with Crippen molar-refractivity contribution in [3.8, 4) is 0 Å². The average molecular weight is 358 g/mol. The van der Waals surface area contributed by atoms with E-state index in [1.54, 1.807) is 30.8 Å². The maximum Gasteiger partial charge on any atom is 0.248 e. The van der Waals surface area contributed by atoms with Gasteiger partial charge >= 0.3 is 0 Å². The second-order valence-electron chi connectivity index (χ2n) is 5.17. The lowest BCUT2D eigenvalue weighted by Crippen LogP contribution is -2.32. The summed E-state index contributed by atoms with van der Waals surface area (Å²) >= 11 is 14.0. The van der Waals surface area contributed by atoms with Crippen LogP contribution >= 0.6 is 35.0 Å². The lowest BCUT2D eigenvalue weighted by molar-refractivity contribution is -0.114. The first-order valence-corrected chi connectivity index (χ1v) is 8.40. The molecular formula is C15H17Cl2N3OS. The molecule has 1 amide bonds. The highest BCUT2D eigenvalue weighted by atomic mass is 35.5. The summed E-state index contributed by atoms with van der Waals surface area (Å²) in [4.78, 5) is 16.5. The van der Waals surface area contributed by atoms with Crippen molar-refractivity contribution in [3.05, 3.63) is 45.1 Å². The van der Waals surface area contributed by atoms with E-state index in [4.69, 9.17) is 28.9 Å². The van der Waals surface area contributed by atoms with E-state index in [1.165, 1.54) is 0 Å². The molecule has 22 heavy (non-hydrogen) atoms. The molecule has 1 aromatic carbocycles. The minimum Gasteiger partial charge on any atom is -0.366 e. The fourth-order valence-corrected chi connectivity index (χ4v) is 3.44. The number of thioether (sulfide) groups is 1. The molecule has 2 rings (SSSR count). The van der Waals surface area contributed by atoms with E-state index in [0.717, 1.165) is 5.17 Å². The number of rotatable bonds is 3. The van der Waals surface area contributed by atoms with Gasteiger partial charge in [-0.2, -0.15) is 0 Å². The van der Waals surface area contributed by atoms with Crippen molar-refractivity contribution in [2.75, 3.05) is 0 Å². The van der Waals surface area contributed by atoms with Crippen molar-refractivity contribution in [3.63, 3.8) is 0 Å². The molecule has 0 unspecified atom stereocenters. The van der Waals surface area contributed by atoms with Crippen LogP contribution in [0.5, 0.6) is 0 Å². The predicted octanol–water partition coefficient (Wildman–Crippen LogP) is 3.89. The second-order valence-corrected chi connectivity index (χ2v) is 7.52. The predicted molar refractivity (Wildman–Crippen MR) is 94.4 cm³/mol. The van der Waals surface area contributed by atoms with Crippen LogP contribution in [-0.2, 0) is 4.79 Å². The van der Waals surface area contributed by atoms with Crippen LogP contribution in [0, 0.1) is 0 Å². The van der Waals surface area contributed by atoms with Crippen molar-refractivity contribution in [2.45, 2.75) is 32.1 Å². The smallest absolute Gasteiger partial charge is 0.248 e. The van der Waals surface area contributed by atoms with Gasteiger partial charge in [0.1, 0.15) is 6.04 Å². The quantitative estimate of drug-likeness (QED) is 0.861. The number of nitrogens with zero attached hydrogens (tertiary/aromatic N) is 1. The molecule has 0 fully saturated rings. The Morgan fingerprint density at radius 3 is 2.68 bits per heavy atom. The first kappa shape index (κ1) is 17.2. The zero-order valence-electron chi connectivity index (χ0n) is 12.5. The summed E-state index contributed by atoms with van der Waals surface area (Å²) in [5, 5.41) is 5.03. The minimum atomic E-state index is -0.550. The Kier molecular flexibility index (Phi) is 5.42. The highest BCUT2D eigenvalue weighted by molar-refractivity contribution is 8.14. The van der Waals surface area contributed by atoms with Crippen LogP contribution in [-0.4, -0.2) is 16.3 Å². The molecule has 3 N–H and O–H groups in total. The Bertz CT molecular complexity index is 671. The Morgan fingerprint density at radius 1 is 1.41 bits per heavy atom. The number of hydrogen-bond donors (Lipinski definition) is 2. The Morgan fingerprint density at radius 2 is 2.09 bits per heavy atom. The topological polar surface area (TPSA) is 67.5 Å². The van der Waals surface area contributed by atoms with Crippen molar-refractivity contribution in [1.82, 2.24) is 5.32 Å². The van der Waals surface area contributed by atoms with Crippen LogP contribution in [0.15, 0.2) is 34.5 Å². The molecule has 7 heteroatoms. The summed E-state index contributed by atoms with van der Waals surface area (Å²) in [5.74, 6) is -0.525. The Balaban J connectivity index is 2.54. The normalized spacial score (nSPS) is 18.3. The number of hydrogen-bond acceptors (Lipinski definition) is 4. The van der Waals surface area contributed by atoms with Gasteiger partial charge in [0.2, 0.25) is 5.91 Å². The number of nitrogens with two attached hydrogens (primary N) is 1. The van der Waals surface area contributed by atoms with Gasteiger partial charge in [0.15, 0.2) is 5.17 Å². The molecule has 0 radical (unpaired) electrons. The molecule has 0 aliphatic carbocycles. The van der Waals surface area contributed by atoms with Gasteiger partial charge in [0.05, 0.1) is 15.6 Å². The third-order valence-corrected chi connectivity index (χ3v) is 4.84. The zero-order valence-corrected chi connectivity index (χ0v) is 14.8. The highest BCUT2D eigenvalue weighted by Crippen LogP contribution is 2.38. The molecule has 1 aliphatic rings. The van der Waals surface area contributed by atoms with Crippen LogP contribution in [0.4, 0.5) is 0 Å². The molecule has 0 saturated heterocycles. The van der Waals surface area contributed by atoms with Gasteiger partial charge in [0, 0.05) is 16.5 Å². The number of benzene rings is 1. The molecule has 0 bridgehead atoms. The van der Waals surface area contributed by atoms with E-state index in [1.807, 2.05) is 6.07 Å². The van der Waals surface area contributed by atoms with Crippen molar-refractivity contribution in [1.29, 1.82) is 0 Å². The molecule has 1 aliphatic heterocycles. The molecular weight excluding hydrogens is 341 g/mol. The first-order valence-electron chi connectivity index (χ1n) is 6.77. The summed E-state index contributed by atoms with van der Waals surface area (Å²) in [6.45, 7) is 5.94. The molecule has 0 aromatic heterocycles. The van der Waals surface area contributed by atoms with Gasteiger partial charge < -0.3 is 11.1 Å². The number of halogens is 2. The van der Waals surface area contributed by atoms with E-state index in [-0.39, 0.29) is 0 Å². The van der Waals surface area contributed by atoms with E-state index in [0.29, 0.717) is 32.1 Å². The number of carbonyl (C=O) groups excluding carboxylic acids is 1. The molecule has 0 spiro atoms. The Labute approximate surface area is 144 Å². The monoisotopic (exact) mass is 357 g/mol. The largest absolute Gasteiger partial charge is 0.366 e. The maximum absolute atomic E-state index is 11.8. The van der Waals surface area contributed by atoms with Crippen molar-refractivity contribution in [2.24, 2.45) is 10.7 Å². The molecule has 1 heterocycles.